The van der Waals surface area contributed by atoms with E-state index < -0.39 is 0 Å². The molecule has 0 aliphatic heterocycles. The van der Waals surface area contributed by atoms with Gasteiger partial charge in [0.25, 0.3) is 0 Å². The Balaban J connectivity index is 2.45. The second kappa shape index (κ2) is 5.38. The standard InChI is InChI=1S/C13H15BrN2OS/c1-7(15)13-16-12(8(2)18-13)9-4-5-11(17-3)10(14)6-9/h4-7H,15H2,1-3H3. The van der Waals surface area contributed by atoms with Gasteiger partial charge in [-0.2, -0.15) is 0 Å². The minimum Gasteiger partial charge on any atom is -0.496 e. The zero-order valence-electron chi connectivity index (χ0n) is 10.5. The molecule has 0 saturated heterocycles. The molecule has 0 spiro atoms. The minimum absolute atomic E-state index is 0.0239. The lowest BCUT2D eigenvalue weighted by Gasteiger charge is -2.05. The summed E-state index contributed by atoms with van der Waals surface area (Å²) in [6, 6.07) is 5.94. The van der Waals surface area contributed by atoms with E-state index in [4.69, 9.17) is 10.5 Å². The maximum Gasteiger partial charge on any atom is 0.133 e. The second-order valence-corrected chi connectivity index (χ2v) is 6.18. The van der Waals surface area contributed by atoms with Gasteiger partial charge in [-0.05, 0) is 48.0 Å². The summed E-state index contributed by atoms with van der Waals surface area (Å²) in [5.41, 5.74) is 7.94. The Morgan fingerprint density at radius 3 is 2.67 bits per heavy atom. The Hall–Kier alpha value is -0.910. The number of aryl methyl sites for hydroxylation is 1. The Morgan fingerprint density at radius 1 is 1.44 bits per heavy atom. The smallest absolute Gasteiger partial charge is 0.133 e. The molecule has 0 aliphatic carbocycles. The van der Waals surface area contributed by atoms with Crippen molar-refractivity contribution in [3.05, 3.63) is 32.6 Å². The average molecular weight is 327 g/mol. The zero-order valence-corrected chi connectivity index (χ0v) is 12.9. The van der Waals surface area contributed by atoms with E-state index in [1.54, 1.807) is 18.4 Å². The van der Waals surface area contributed by atoms with Gasteiger partial charge in [0.1, 0.15) is 10.8 Å². The van der Waals surface area contributed by atoms with Crippen molar-refractivity contribution in [1.29, 1.82) is 0 Å². The first-order chi connectivity index (χ1) is 8.52. The average Bonchev–Trinajstić information content (AvgIpc) is 2.71. The predicted molar refractivity (Wildman–Crippen MR) is 79.1 cm³/mol. The van der Waals surface area contributed by atoms with E-state index >= 15 is 0 Å². The minimum atomic E-state index is -0.0239. The zero-order chi connectivity index (χ0) is 13.3. The molecule has 96 valence electrons. The maximum atomic E-state index is 5.87. The monoisotopic (exact) mass is 326 g/mol. The van der Waals surface area contributed by atoms with Crippen LogP contribution in [0.4, 0.5) is 0 Å². The molecular formula is C13H15BrN2OS. The van der Waals surface area contributed by atoms with Gasteiger partial charge in [0, 0.05) is 10.4 Å². The van der Waals surface area contributed by atoms with Crippen molar-refractivity contribution in [1.82, 2.24) is 4.98 Å². The molecule has 0 bridgehead atoms. The van der Waals surface area contributed by atoms with E-state index in [2.05, 4.69) is 27.8 Å². The van der Waals surface area contributed by atoms with Crippen LogP contribution in [0.15, 0.2) is 22.7 Å². The van der Waals surface area contributed by atoms with Gasteiger partial charge < -0.3 is 10.5 Å². The number of ether oxygens (including phenoxy) is 1. The third-order valence-corrected chi connectivity index (χ3v) is 4.42. The Kier molecular flexibility index (Phi) is 4.04. The Morgan fingerprint density at radius 2 is 2.17 bits per heavy atom. The van der Waals surface area contributed by atoms with Crippen LogP contribution in [-0.2, 0) is 0 Å². The largest absolute Gasteiger partial charge is 0.496 e. The maximum absolute atomic E-state index is 5.87. The van der Waals surface area contributed by atoms with Crippen LogP contribution in [-0.4, -0.2) is 12.1 Å². The molecule has 0 aliphatic rings. The molecule has 0 fully saturated rings. The van der Waals surface area contributed by atoms with Gasteiger partial charge in [-0.1, -0.05) is 0 Å². The quantitative estimate of drug-likeness (QED) is 0.930. The van der Waals surface area contributed by atoms with Crippen molar-refractivity contribution >= 4 is 27.3 Å². The molecule has 0 amide bonds. The summed E-state index contributed by atoms with van der Waals surface area (Å²) in [5, 5.41) is 0.967. The van der Waals surface area contributed by atoms with Crippen molar-refractivity contribution in [3.8, 4) is 17.0 Å². The number of nitrogens with zero attached hydrogens (tertiary/aromatic N) is 1. The van der Waals surface area contributed by atoms with Crippen LogP contribution < -0.4 is 10.5 Å². The van der Waals surface area contributed by atoms with Crippen LogP contribution in [0.3, 0.4) is 0 Å². The predicted octanol–water partition coefficient (Wildman–Crippen LogP) is 3.91. The van der Waals surface area contributed by atoms with Crippen molar-refractivity contribution in [2.24, 2.45) is 5.73 Å². The molecule has 0 saturated carbocycles. The number of aromatic nitrogens is 1. The Labute approximate surface area is 119 Å². The molecule has 1 aromatic heterocycles. The van der Waals surface area contributed by atoms with Gasteiger partial charge in [-0.25, -0.2) is 4.98 Å². The highest BCUT2D eigenvalue weighted by molar-refractivity contribution is 9.10. The number of halogens is 1. The molecule has 18 heavy (non-hydrogen) atoms. The lowest BCUT2D eigenvalue weighted by Crippen LogP contribution is -2.03. The van der Waals surface area contributed by atoms with Crippen LogP contribution in [0.25, 0.3) is 11.3 Å². The van der Waals surface area contributed by atoms with Crippen molar-refractivity contribution in [2.75, 3.05) is 7.11 Å². The highest BCUT2D eigenvalue weighted by Crippen LogP contribution is 2.34. The number of benzene rings is 1. The lowest BCUT2D eigenvalue weighted by molar-refractivity contribution is 0.412. The summed E-state index contributed by atoms with van der Waals surface area (Å²) in [7, 11) is 1.65. The number of thiazole rings is 1. The first kappa shape index (κ1) is 13.5. The first-order valence-corrected chi connectivity index (χ1v) is 7.20. The van der Waals surface area contributed by atoms with Crippen molar-refractivity contribution < 1.29 is 4.74 Å². The topological polar surface area (TPSA) is 48.1 Å². The molecular weight excluding hydrogens is 312 g/mol. The molecule has 2 rings (SSSR count). The van der Waals surface area contributed by atoms with Crippen LogP contribution in [0, 0.1) is 6.92 Å². The van der Waals surface area contributed by atoms with E-state index in [0.717, 1.165) is 26.5 Å². The summed E-state index contributed by atoms with van der Waals surface area (Å²) < 4.78 is 6.15. The number of methoxy groups -OCH3 is 1. The fourth-order valence-corrected chi connectivity index (χ4v) is 3.13. The van der Waals surface area contributed by atoms with E-state index in [0.29, 0.717) is 0 Å². The van der Waals surface area contributed by atoms with Gasteiger partial charge >= 0.3 is 0 Å². The van der Waals surface area contributed by atoms with E-state index in [-0.39, 0.29) is 6.04 Å². The summed E-state index contributed by atoms with van der Waals surface area (Å²) in [6.07, 6.45) is 0. The normalized spacial score (nSPS) is 12.5. The summed E-state index contributed by atoms with van der Waals surface area (Å²) in [4.78, 5) is 5.79. The fraction of sp³-hybridized carbons (Fsp3) is 0.308. The van der Waals surface area contributed by atoms with Crippen molar-refractivity contribution in [2.45, 2.75) is 19.9 Å². The summed E-state index contributed by atoms with van der Waals surface area (Å²) in [6.45, 7) is 4.02. The number of hydrogen-bond donors (Lipinski definition) is 1. The van der Waals surface area contributed by atoms with E-state index in [1.165, 1.54) is 4.88 Å². The van der Waals surface area contributed by atoms with Crippen LogP contribution >= 0.6 is 27.3 Å². The van der Waals surface area contributed by atoms with Crippen LogP contribution in [0.1, 0.15) is 22.9 Å². The number of nitrogens with two attached hydrogens (primary N) is 1. The highest BCUT2D eigenvalue weighted by atomic mass is 79.9. The SMILES string of the molecule is COc1ccc(-c2nc(C(C)N)sc2C)cc1Br. The van der Waals surface area contributed by atoms with Crippen LogP contribution in [0.5, 0.6) is 5.75 Å². The molecule has 1 aromatic carbocycles. The third kappa shape index (κ3) is 2.58. The third-order valence-electron chi connectivity index (χ3n) is 2.63. The molecule has 0 radical (unpaired) electrons. The molecule has 3 nitrogen and oxygen atoms in total. The van der Waals surface area contributed by atoms with E-state index in [1.807, 2.05) is 25.1 Å². The van der Waals surface area contributed by atoms with Gasteiger partial charge in [-0.3, -0.25) is 0 Å². The lowest BCUT2D eigenvalue weighted by atomic mass is 10.1. The summed E-state index contributed by atoms with van der Waals surface area (Å²) >= 11 is 5.14. The summed E-state index contributed by atoms with van der Waals surface area (Å²) in [5.74, 6) is 0.819. The van der Waals surface area contributed by atoms with Crippen molar-refractivity contribution in [3.63, 3.8) is 0 Å². The molecule has 2 N–H and O–H groups in total. The van der Waals surface area contributed by atoms with Gasteiger partial charge in [0.2, 0.25) is 0 Å². The first-order valence-electron chi connectivity index (χ1n) is 5.59. The molecule has 1 heterocycles. The van der Waals surface area contributed by atoms with Crippen LogP contribution in [0.2, 0.25) is 0 Å². The molecule has 5 heteroatoms. The number of hydrogen-bond acceptors (Lipinski definition) is 4. The molecule has 1 unspecified atom stereocenters. The van der Waals surface area contributed by atoms with Gasteiger partial charge in [0.05, 0.1) is 23.3 Å². The molecule has 1 atom stereocenters. The second-order valence-electron chi connectivity index (χ2n) is 4.09. The fourth-order valence-electron chi connectivity index (χ4n) is 1.69. The van der Waals surface area contributed by atoms with Gasteiger partial charge in [-0.15, -0.1) is 11.3 Å². The number of rotatable bonds is 3. The Bertz CT molecular complexity index is 566. The highest BCUT2D eigenvalue weighted by Gasteiger charge is 2.13. The van der Waals surface area contributed by atoms with E-state index in [9.17, 15) is 0 Å². The molecule has 2 aromatic rings. The van der Waals surface area contributed by atoms with Gasteiger partial charge in [0.15, 0.2) is 0 Å².